The van der Waals surface area contributed by atoms with Crippen molar-refractivity contribution in [1.82, 2.24) is 19.6 Å². The SMILES string of the molecule is Cc1cccc(N2CCN(C(=O)Cn3nc(C(=O)N4C[C@@H](C)O[C@@H](C)C4)c4c3C3CC3C4)CC2)c1C. The molecule has 1 aromatic carbocycles. The summed E-state index contributed by atoms with van der Waals surface area (Å²) in [5.41, 5.74) is 6.65. The van der Waals surface area contributed by atoms with Crippen molar-refractivity contribution in [3.63, 3.8) is 0 Å². The number of aromatic nitrogens is 2. The molecule has 36 heavy (non-hydrogen) atoms. The molecule has 1 aromatic heterocycles. The van der Waals surface area contributed by atoms with Gasteiger partial charge in [0.05, 0.1) is 12.2 Å². The van der Waals surface area contributed by atoms with E-state index in [1.165, 1.54) is 16.8 Å². The number of hydrogen-bond donors (Lipinski definition) is 0. The third kappa shape index (κ3) is 4.09. The quantitative estimate of drug-likeness (QED) is 0.658. The van der Waals surface area contributed by atoms with E-state index in [4.69, 9.17) is 9.84 Å². The Bertz CT molecular complexity index is 1190. The standard InChI is InChI=1S/C28H37N5O3/c1-17-6-5-7-24(20(17)4)30-8-10-31(11-9-30)25(34)16-33-27-22-12-21(22)13-23(27)26(29-33)28(35)32-14-18(2)36-19(3)15-32/h5-7,18-19,21-22H,8-16H2,1-4H3/t18-,19+,21?,22?. The van der Waals surface area contributed by atoms with E-state index < -0.39 is 0 Å². The number of benzene rings is 1. The van der Waals surface area contributed by atoms with Crippen molar-refractivity contribution in [3.05, 3.63) is 46.3 Å². The molecular formula is C28H37N5O3. The predicted octanol–water partition coefficient (Wildman–Crippen LogP) is 2.76. The molecule has 0 radical (unpaired) electrons. The normalized spacial score (nSPS) is 27.2. The van der Waals surface area contributed by atoms with Crippen molar-refractivity contribution in [2.24, 2.45) is 5.92 Å². The number of morpholine rings is 1. The Hall–Kier alpha value is -2.87. The van der Waals surface area contributed by atoms with Crippen molar-refractivity contribution in [2.75, 3.05) is 44.2 Å². The molecule has 3 fully saturated rings. The number of anilines is 1. The maximum Gasteiger partial charge on any atom is 0.274 e. The Balaban J connectivity index is 1.16. The van der Waals surface area contributed by atoms with Crippen LogP contribution in [0.1, 0.15) is 59.1 Å². The number of amides is 2. The summed E-state index contributed by atoms with van der Waals surface area (Å²) in [6, 6.07) is 6.42. The van der Waals surface area contributed by atoms with Crippen LogP contribution < -0.4 is 4.90 Å². The molecule has 0 N–H and O–H groups in total. The largest absolute Gasteiger partial charge is 0.372 e. The highest BCUT2D eigenvalue weighted by atomic mass is 16.5. The van der Waals surface area contributed by atoms with Crippen molar-refractivity contribution in [3.8, 4) is 0 Å². The smallest absolute Gasteiger partial charge is 0.274 e. The van der Waals surface area contributed by atoms with Gasteiger partial charge in [-0.3, -0.25) is 14.3 Å². The summed E-state index contributed by atoms with van der Waals surface area (Å²) in [4.78, 5) is 33.1. The van der Waals surface area contributed by atoms with Crippen molar-refractivity contribution in [1.29, 1.82) is 0 Å². The van der Waals surface area contributed by atoms with E-state index in [9.17, 15) is 9.59 Å². The van der Waals surface area contributed by atoms with Gasteiger partial charge in [-0.25, -0.2) is 0 Å². The van der Waals surface area contributed by atoms with Crippen LogP contribution in [-0.2, 0) is 22.5 Å². The molecule has 2 amide bonds. The number of hydrogen-bond acceptors (Lipinski definition) is 5. The second kappa shape index (κ2) is 8.91. The zero-order chi connectivity index (χ0) is 25.1. The lowest BCUT2D eigenvalue weighted by Gasteiger charge is -2.37. The van der Waals surface area contributed by atoms with Crippen molar-refractivity contribution >= 4 is 17.5 Å². The molecule has 6 rings (SSSR count). The van der Waals surface area contributed by atoms with E-state index in [1.807, 2.05) is 28.3 Å². The van der Waals surface area contributed by atoms with Crippen LogP contribution in [0.2, 0.25) is 0 Å². The Morgan fingerprint density at radius 2 is 1.75 bits per heavy atom. The van der Waals surface area contributed by atoms with Gasteiger partial charge in [-0.1, -0.05) is 12.1 Å². The molecule has 2 unspecified atom stereocenters. The van der Waals surface area contributed by atoms with E-state index in [0.717, 1.165) is 37.2 Å². The highest BCUT2D eigenvalue weighted by Crippen LogP contribution is 2.57. The van der Waals surface area contributed by atoms with Crippen LogP contribution in [0.5, 0.6) is 0 Å². The number of fused-ring (bicyclic) bond motifs is 3. The molecule has 2 aromatic rings. The average Bonchev–Trinajstić information content (AvgIpc) is 3.37. The molecule has 0 bridgehead atoms. The summed E-state index contributed by atoms with van der Waals surface area (Å²) >= 11 is 0. The number of aryl methyl sites for hydroxylation is 1. The fourth-order valence-corrected chi connectivity index (χ4v) is 6.49. The van der Waals surface area contributed by atoms with Gasteiger partial charge in [-0.2, -0.15) is 5.10 Å². The molecule has 2 aliphatic carbocycles. The molecule has 2 aliphatic heterocycles. The van der Waals surface area contributed by atoms with E-state index in [2.05, 4.69) is 36.9 Å². The lowest BCUT2D eigenvalue weighted by molar-refractivity contribution is -0.132. The molecule has 8 heteroatoms. The Morgan fingerprint density at radius 1 is 1.03 bits per heavy atom. The Morgan fingerprint density at radius 3 is 2.47 bits per heavy atom. The van der Waals surface area contributed by atoms with E-state index in [1.54, 1.807) is 0 Å². The molecule has 192 valence electrons. The number of carbonyl (C=O) groups excluding carboxylic acids is 2. The van der Waals surface area contributed by atoms with Crippen molar-refractivity contribution < 1.29 is 14.3 Å². The summed E-state index contributed by atoms with van der Waals surface area (Å²) < 4.78 is 7.69. The molecule has 2 saturated heterocycles. The first-order valence-corrected chi connectivity index (χ1v) is 13.4. The first-order valence-electron chi connectivity index (χ1n) is 13.4. The molecule has 1 saturated carbocycles. The van der Waals surface area contributed by atoms with Crippen LogP contribution in [-0.4, -0.2) is 82.9 Å². The van der Waals surface area contributed by atoms with E-state index in [0.29, 0.717) is 43.7 Å². The minimum Gasteiger partial charge on any atom is -0.372 e. The molecule has 8 nitrogen and oxygen atoms in total. The number of rotatable bonds is 4. The van der Waals surface area contributed by atoms with Crippen LogP contribution >= 0.6 is 0 Å². The van der Waals surface area contributed by atoms with Gasteiger partial charge in [0.25, 0.3) is 5.91 Å². The summed E-state index contributed by atoms with van der Waals surface area (Å²) in [6.45, 7) is 12.8. The van der Waals surface area contributed by atoms with Gasteiger partial charge in [0, 0.05) is 62.1 Å². The summed E-state index contributed by atoms with van der Waals surface area (Å²) in [7, 11) is 0. The summed E-state index contributed by atoms with van der Waals surface area (Å²) in [6.07, 6.45) is 2.11. The van der Waals surface area contributed by atoms with Crippen LogP contribution in [0.25, 0.3) is 0 Å². The monoisotopic (exact) mass is 491 g/mol. The third-order valence-corrected chi connectivity index (χ3v) is 8.58. The van der Waals surface area contributed by atoms with Gasteiger partial charge in [0.1, 0.15) is 6.54 Å². The minimum absolute atomic E-state index is 0.0112. The van der Waals surface area contributed by atoms with Crippen LogP contribution in [0.15, 0.2) is 18.2 Å². The van der Waals surface area contributed by atoms with Gasteiger partial charge >= 0.3 is 0 Å². The van der Waals surface area contributed by atoms with Gasteiger partial charge in [-0.15, -0.1) is 0 Å². The first-order chi connectivity index (χ1) is 17.3. The summed E-state index contributed by atoms with van der Waals surface area (Å²) in [5, 5.41) is 4.78. The Labute approximate surface area is 213 Å². The topological polar surface area (TPSA) is 70.9 Å². The van der Waals surface area contributed by atoms with E-state index >= 15 is 0 Å². The zero-order valence-corrected chi connectivity index (χ0v) is 21.9. The van der Waals surface area contributed by atoms with Crippen molar-refractivity contribution in [2.45, 2.75) is 65.2 Å². The van der Waals surface area contributed by atoms with E-state index in [-0.39, 0.29) is 30.6 Å². The van der Waals surface area contributed by atoms with Crippen LogP contribution in [0.3, 0.4) is 0 Å². The zero-order valence-electron chi connectivity index (χ0n) is 21.9. The molecule has 3 heterocycles. The average molecular weight is 492 g/mol. The second-order valence-electron chi connectivity index (χ2n) is 11.2. The minimum atomic E-state index is -0.0112. The van der Waals surface area contributed by atoms with Crippen LogP contribution in [0, 0.1) is 19.8 Å². The first kappa shape index (κ1) is 23.5. The lowest BCUT2D eigenvalue weighted by atomic mass is 10.1. The summed E-state index contributed by atoms with van der Waals surface area (Å²) in [5.74, 6) is 1.17. The maximum absolute atomic E-state index is 13.5. The van der Waals surface area contributed by atoms with Crippen LogP contribution in [0.4, 0.5) is 5.69 Å². The fraction of sp³-hybridized carbons (Fsp3) is 0.607. The highest BCUT2D eigenvalue weighted by Gasteiger charge is 2.50. The number of ether oxygens (including phenoxy) is 1. The van der Waals surface area contributed by atoms with Gasteiger partial charge < -0.3 is 19.4 Å². The number of nitrogens with zero attached hydrogens (tertiary/aromatic N) is 5. The van der Waals surface area contributed by atoms with Gasteiger partial charge in [0.2, 0.25) is 5.91 Å². The number of carbonyl (C=O) groups is 2. The molecule has 4 atom stereocenters. The molecular weight excluding hydrogens is 454 g/mol. The third-order valence-electron chi connectivity index (χ3n) is 8.58. The highest BCUT2D eigenvalue weighted by molar-refractivity contribution is 5.94. The predicted molar refractivity (Wildman–Crippen MR) is 137 cm³/mol. The Kier molecular flexibility index (Phi) is 5.82. The van der Waals surface area contributed by atoms with Gasteiger partial charge in [-0.05, 0) is 63.6 Å². The maximum atomic E-state index is 13.5. The van der Waals surface area contributed by atoms with Gasteiger partial charge in [0.15, 0.2) is 5.69 Å². The number of piperazine rings is 1. The fourth-order valence-electron chi connectivity index (χ4n) is 6.49. The molecule has 0 spiro atoms. The lowest BCUT2D eigenvalue weighted by Crippen LogP contribution is -2.50. The second-order valence-corrected chi connectivity index (χ2v) is 11.2. The molecule has 4 aliphatic rings.